The molecule has 1 N–H and O–H groups in total. The highest BCUT2D eigenvalue weighted by molar-refractivity contribution is 5.79. The van der Waals surface area contributed by atoms with Crippen LogP contribution in [-0.4, -0.2) is 49.0 Å². The molecule has 130 valence electrons. The van der Waals surface area contributed by atoms with E-state index in [4.69, 9.17) is 13.9 Å². The third-order valence-electron chi connectivity index (χ3n) is 5.44. The zero-order valence-corrected chi connectivity index (χ0v) is 14.1. The molecule has 4 rings (SSSR count). The molecule has 0 spiro atoms. The van der Waals surface area contributed by atoms with Gasteiger partial charge < -0.3 is 19.0 Å². The highest BCUT2D eigenvalue weighted by Crippen LogP contribution is 2.33. The maximum atomic E-state index is 10.3. The van der Waals surface area contributed by atoms with Crippen molar-refractivity contribution >= 4 is 11.0 Å². The molecule has 0 bridgehead atoms. The number of nitrogens with zero attached hydrogens (tertiary/aromatic N) is 1. The van der Waals surface area contributed by atoms with Gasteiger partial charge in [-0.2, -0.15) is 0 Å². The molecule has 2 aliphatic rings. The first kappa shape index (κ1) is 15.9. The normalized spacial score (nSPS) is 28.5. The number of morpholine rings is 1. The summed E-state index contributed by atoms with van der Waals surface area (Å²) in [6.07, 6.45) is 2.92. The minimum absolute atomic E-state index is 0.195. The van der Waals surface area contributed by atoms with Crippen LogP contribution in [0.4, 0.5) is 0 Å². The number of fused-ring (bicyclic) bond motifs is 1. The molecule has 2 aromatic rings. The van der Waals surface area contributed by atoms with Crippen LogP contribution in [-0.2, 0) is 11.3 Å². The lowest BCUT2D eigenvalue weighted by Crippen LogP contribution is -2.50. The molecule has 1 aromatic heterocycles. The number of rotatable bonds is 4. The molecule has 1 saturated heterocycles. The Bertz CT molecular complexity index is 698. The van der Waals surface area contributed by atoms with E-state index in [1.165, 1.54) is 0 Å². The first-order valence-corrected chi connectivity index (χ1v) is 8.81. The molecule has 5 heteroatoms. The zero-order valence-electron chi connectivity index (χ0n) is 14.1. The molecule has 2 fully saturated rings. The predicted molar refractivity (Wildman–Crippen MR) is 91.1 cm³/mol. The lowest BCUT2D eigenvalue weighted by atomic mass is 9.94. The number of aliphatic hydroxyl groups is 1. The van der Waals surface area contributed by atoms with E-state index in [1.54, 1.807) is 7.11 Å². The van der Waals surface area contributed by atoms with Crippen molar-refractivity contribution in [2.75, 3.05) is 26.9 Å². The van der Waals surface area contributed by atoms with Gasteiger partial charge in [0, 0.05) is 23.9 Å². The van der Waals surface area contributed by atoms with Crippen molar-refractivity contribution in [1.82, 2.24) is 4.90 Å². The van der Waals surface area contributed by atoms with Crippen LogP contribution >= 0.6 is 0 Å². The van der Waals surface area contributed by atoms with Crippen LogP contribution in [0.25, 0.3) is 11.0 Å². The maximum Gasteiger partial charge on any atom is 0.134 e. The van der Waals surface area contributed by atoms with Crippen molar-refractivity contribution in [3.8, 4) is 5.75 Å². The quantitative estimate of drug-likeness (QED) is 0.934. The second-order valence-electron chi connectivity index (χ2n) is 6.89. The van der Waals surface area contributed by atoms with Gasteiger partial charge in [-0.05, 0) is 37.1 Å². The molecule has 1 saturated carbocycles. The van der Waals surface area contributed by atoms with Gasteiger partial charge in [0.2, 0.25) is 0 Å². The fourth-order valence-electron chi connectivity index (χ4n) is 4.15. The molecule has 0 radical (unpaired) electrons. The average molecular weight is 331 g/mol. The monoisotopic (exact) mass is 331 g/mol. The summed E-state index contributed by atoms with van der Waals surface area (Å²) in [6, 6.07) is 8.24. The predicted octanol–water partition coefficient (Wildman–Crippen LogP) is 2.80. The van der Waals surface area contributed by atoms with Crippen molar-refractivity contribution < 1.29 is 19.0 Å². The van der Waals surface area contributed by atoms with Crippen LogP contribution in [0.5, 0.6) is 5.75 Å². The number of benzene rings is 1. The Morgan fingerprint density at radius 2 is 2.21 bits per heavy atom. The third kappa shape index (κ3) is 3.04. The van der Waals surface area contributed by atoms with Crippen LogP contribution in [0.1, 0.15) is 25.0 Å². The highest BCUT2D eigenvalue weighted by atomic mass is 16.5. The van der Waals surface area contributed by atoms with E-state index in [0.29, 0.717) is 12.5 Å². The lowest BCUT2D eigenvalue weighted by molar-refractivity contribution is -0.0555. The van der Waals surface area contributed by atoms with E-state index in [0.717, 1.165) is 61.4 Å². The molecular weight excluding hydrogens is 306 g/mol. The fourth-order valence-corrected chi connectivity index (χ4v) is 4.15. The number of ether oxygens (including phenoxy) is 2. The lowest BCUT2D eigenvalue weighted by Gasteiger charge is -2.39. The van der Waals surface area contributed by atoms with Gasteiger partial charge in [0.1, 0.15) is 17.1 Å². The third-order valence-corrected chi connectivity index (χ3v) is 5.44. The van der Waals surface area contributed by atoms with Gasteiger partial charge in [-0.1, -0.05) is 6.42 Å². The van der Waals surface area contributed by atoms with Gasteiger partial charge in [-0.15, -0.1) is 0 Å². The van der Waals surface area contributed by atoms with Gasteiger partial charge in [0.05, 0.1) is 33.0 Å². The molecule has 1 aliphatic heterocycles. The SMILES string of the molecule is COc1ccc2oc(CN3CCOC[C@@H]3[C@H]3CCC[C@@H]3O)cc2c1. The maximum absolute atomic E-state index is 10.3. The molecule has 3 atom stereocenters. The van der Waals surface area contributed by atoms with E-state index in [2.05, 4.69) is 11.0 Å². The number of aliphatic hydroxyl groups excluding tert-OH is 1. The summed E-state index contributed by atoms with van der Waals surface area (Å²) in [5.41, 5.74) is 0.886. The van der Waals surface area contributed by atoms with Crippen molar-refractivity contribution in [3.05, 3.63) is 30.0 Å². The Morgan fingerprint density at radius 1 is 1.29 bits per heavy atom. The van der Waals surface area contributed by atoms with E-state index in [9.17, 15) is 5.11 Å². The summed E-state index contributed by atoms with van der Waals surface area (Å²) in [5, 5.41) is 11.3. The van der Waals surface area contributed by atoms with E-state index in [-0.39, 0.29) is 12.1 Å². The zero-order chi connectivity index (χ0) is 16.5. The van der Waals surface area contributed by atoms with Gasteiger partial charge in [-0.3, -0.25) is 4.90 Å². The van der Waals surface area contributed by atoms with Crippen LogP contribution < -0.4 is 4.74 Å². The molecule has 24 heavy (non-hydrogen) atoms. The summed E-state index contributed by atoms with van der Waals surface area (Å²) >= 11 is 0. The summed E-state index contributed by atoms with van der Waals surface area (Å²) in [4.78, 5) is 2.41. The van der Waals surface area contributed by atoms with Gasteiger partial charge in [-0.25, -0.2) is 0 Å². The molecule has 1 aromatic carbocycles. The van der Waals surface area contributed by atoms with Crippen molar-refractivity contribution in [2.45, 2.75) is 38.0 Å². The molecule has 2 heterocycles. The summed E-state index contributed by atoms with van der Waals surface area (Å²) in [5.74, 6) is 2.11. The van der Waals surface area contributed by atoms with Crippen molar-refractivity contribution in [2.24, 2.45) is 5.92 Å². The van der Waals surface area contributed by atoms with Crippen LogP contribution in [0.3, 0.4) is 0 Å². The average Bonchev–Trinajstić information content (AvgIpc) is 3.20. The van der Waals surface area contributed by atoms with Gasteiger partial charge in [0.25, 0.3) is 0 Å². The highest BCUT2D eigenvalue weighted by Gasteiger charge is 2.37. The van der Waals surface area contributed by atoms with E-state index >= 15 is 0 Å². The first-order valence-electron chi connectivity index (χ1n) is 8.81. The van der Waals surface area contributed by atoms with Crippen molar-refractivity contribution in [3.63, 3.8) is 0 Å². The molecule has 0 unspecified atom stereocenters. The standard InChI is InChI=1S/C19H25NO4/c1-22-14-5-6-19-13(9-14)10-15(24-19)11-20-7-8-23-12-17(20)16-3-2-4-18(16)21/h5-6,9-10,16-18,21H,2-4,7-8,11-12H2,1H3/t16-,17-,18+/m1/s1. The smallest absolute Gasteiger partial charge is 0.134 e. The summed E-state index contributed by atoms with van der Waals surface area (Å²) in [6.45, 7) is 3.09. The van der Waals surface area contributed by atoms with Gasteiger partial charge in [0.15, 0.2) is 0 Å². The molecule has 1 aliphatic carbocycles. The number of furan rings is 1. The summed E-state index contributed by atoms with van der Waals surface area (Å²) in [7, 11) is 1.67. The number of hydrogen-bond acceptors (Lipinski definition) is 5. The fraction of sp³-hybridized carbons (Fsp3) is 0.579. The summed E-state index contributed by atoms with van der Waals surface area (Å²) < 4.78 is 17.0. The Labute approximate surface area is 142 Å². The van der Waals surface area contributed by atoms with Gasteiger partial charge >= 0.3 is 0 Å². The Hall–Kier alpha value is -1.56. The van der Waals surface area contributed by atoms with E-state index < -0.39 is 0 Å². The Morgan fingerprint density at radius 3 is 3.00 bits per heavy atom. The second-order valence-corrected chi connectivity index (χ2v) is 6.89. The number of hydrogen-bond donors (Lipinski definition) is 1. The van der Waals surface area contributed by atoms with Crippen molar-refractivity contribution in [1.29, 1.82) is 0 Å². The topological polar surface area (TPSA) is 55.1 Å². The molecule has 5 nitrogen and oxygen atoms in total. The second kappa shape index (κ2) is 6.75. The molecular formula is C19H25NO4. The van der Waals surface area contributed by atoms with E-state index in [1.807, 2.05) is 18.2 Å². The Balaban J connectivity index is 1.53. The minimum Gasteiger partial charge on any atom is -0.497 e. The molecule has 0 amide bonds. The van der Waals surface area contributed by atoms with Crippen LogP contribution in [0.15, 0.2) is 28.7 Å². The Kier molecular flexibility index (Phi) is 4.48. The minimum atomic E-state index is -0.195. The first-order chi connectivity index (χ1) is 11.7. The number of methoxy groups -OCH3 is 1. The largest absolute Gasteiger partial charge is 0.497 e. The van der Waals surface area contributed by atoms with Crippen LogP contribution in [0.2, 0.25) is 0 Å². The van der Waals surface area contributed by atoms with Crippen LogP contribution in [0, 0.1) is 5.92 Å².